The zero-order valence-corrected chi connectivity index (χ0v) is 10.6. The van der Waals surface area contributed by atoms with Gasteiger partial charge in [0.05, 0.1) is 0 Å². The van der Waals surface area contributed by atoms with Gasteiger partial charge < -0.3 is 5.11 Å². The fraction of sp³-hybridized carbons (Fsp3) is 0.176. The Morgan fingerprint density at radius 1 is 0.778 bits per heavy atom. The van der Waals surface area contributed by atoms with Crippen LogP contribution in [0.3, 0.4) is 0 Å². The molecule has 3 rings (SSSR count). The number of fused-ring (bicyclic) bond motifs is 3. The Bertz CT molecular complexity index is 726. The van der Waals surface area contributed by atoms with Gasteiger partial charge in [0.25, 0.3) is 0 Å². The van der Waals surface area contributed by atoms with E-state index in [0.29, 0.717) is 11.7 Å². The van der Waals surface area contributed by atoms with E-state index in [1.54, 1.807) is 0 Å². The maximum absolute atomic E-state index is 10.2. The molecule has 0 bridgehead atoms. The lowest BCUT2D eigenvalue weighted by Gasteiger charge is -2.12. The Hall–Kier alpha value is -2.02. The van der Waals surface area contributed by atoms with Crippen molar-refractivity contribution >= 4 is 21.5 Å². The van der Waals surface area contributed by atoms with Crippen molar-refractivity contribution in [1.29, 1.82) is 0 Å². The minimum absolute atomic E-state index is 0.367. The molecule has 0 spiro atoms. The third-order valence-electron chi connectivity index (χ3n) is 3.54. The lowest BCUT2D eigenvalue weighted by Crippen LogP contribution is -1.90. The summed E-state index contributed by atoms with van der Waals surface area (Å²) in [6.45, 7) is 4.36. The highest BCUT2D eigenvalue weighted by atomic mass is 16.3. The number of hydrogen-bond acceptors (Lipinski definition) is 1. The van der Waals surface area contributed by atoms with Gasteiger partial charge in [-0.25, -0.2) is 0 Å². The number of phenols is 1. The Labute approximate surface area is 107 Å². The zero-order valence-electron chi connectivity index (χ0n) is 10.6. The first-order chi connectivity index (χ1) is 8.68. The van der Waals surface area contributed by atoms with Crippen molar-refractivity contribution in [3.8, 4) is 5.75 Å². The van der Waals surface area contributed by atoms with Crippen molar-refractivity contribution in [2.75, 3.05) is 0 Å². The molecule has 3 aromatic carbocycles. The molecule has 1 heteroatoms. The maximum Gasteiger partial charge on any atom is 0.124 e. The standard InChI is InChI=1S/C17H16O/c1-11(2)12-8-5-9-14-13-6-3-4-7-15(13)17(18)10-16(12)14/h3-11,18H,1-2H3. The van der Waals surface area contributed by atoms with Crippen LogP contribution in [0.1, 0.15) is 25.3 Å². The van der Waals surface area contributed by atoms with Gasteiger partial charge in [0.2, 0.25) is 0 Å². The van der Waals surface area contributed by atoms with Crippen LogP contribution in [0.4, 0.5) is 0 Å². The third-order valence-corrected chi connectivity index (χ3v) is 3.54. The highest BCUT2D eigenvalue weighted by molar-refractivity contribution is 6.11. The normalized spacial score (nSPS) is 11.5. The van der Waals surface area contributed by atoms with E-state index in [9.17, 15) is 5.11 Å². The minimum Gasteiger partial charge on any atom is -0.507 e. The van der Waals surface area contributed by atoms with Crippen molar-refractivity contribution in [2.45, 2.75) is 19.8 Å². The molecule has 18 heavy (non-hydrogen) atoms. The summed E-state index contributed by atoms with van der Waals surface area (Å²) in [4.78, 5) is 0. The van der Waals surface area contributed by atoms with Crippen molar-refractivity contribution in [3.63, 3.8) is 0 Å². The molecule has 0 aliphatic heterocycles. The average Bonchev–Trinajstić information content (AvgIpc) is 2.38. The largest absolute Gasteiger partial charge is 0.507 e. The Morgan fingerprint density at radius 2 is 1.39 bits per heavy atom. The van der Waals surface area contributed by atoms with E-state index in [1.807, 2.05) is 24.3 Å². The molecule has 90 valence electrons. The molecule has 0 aliphatic carbocycles. The number of rotatable bonds is 1. The van der Waals surface area contributed by atoms with Crippen LogP contribution in [0.15, 0.2) is 48.5 Å². The maximum atomic E-state index is 10.2. The number of phenolic OH excluding ortho intramolecular Hbond substituents is 1. The predicted molar refractivity (Wildman–Crippen MR) is 77.2 cm³/mol. The van der Waals surface area contributed by atoms with E-state index in [2.05, 4.69) is 38.1 Å². The summed E-state index contributed by atoms with van der Waals surface area (Å²) in [7, 11) is 0. The zero-order chi connectivity index (χ0) is 12.7. The van der Waals surface area contributed by atoms with Gasteiger partial charge in [0.1, 0.15) is 5.75 Å². The molecule has 0 radical (unpaired) electrons. The topological polar surface area (TPSA) is 20.2 Å². The molecule has 0 heterocycles. The van der Waals surface area contributed by atoms with Crippen molar-refractivity contribution in [2.24, 2.45) is 0 Å². The highest BCUT2D eigenvalue weighted by Gasteiger charge is 2.10. The lowest BCUT2D eigenvalue weighted by molar-refractivity contribution is 0.482. The van der Waals surface area contributed by atoms with Gasteiger partial charge in [-0.2, -0.15) is 0 Å². The van der Waals surface area contributed by atoms with Gasteiger partial charge in [-0.1, -0.05) is 56.3 Å². The van der Waals surface area contributed by atoms with E-state index in [4.69, 9.17) is 0 Å². The first-order valence-corrected chi connectivity index (χ1v) is 6.32. The van der Waals surface area contributed by atoms with Gasteiger partial charge >= 0.3 is 0 Å². The molecule has 0 atom stereocenters. The SMILES string of the molecule is CC(C)c1cccc2c1cc(O)c1ccccc12. The molecule has 1 nitrogen and oxygen atoms in total. The molecule has 0 unspecified atom stereocenters. The Morgan fingerprint density at radius 3 is 2.11 bits per heavy atom. The number of benzene rings is 3. The van der Waals surface area contributed by atoms with Crippen molar-refractivity contribution in [3.05, 3.63) is 54.1 Å². The van der Waals surface area contributed by atoms with Gasteiger partial charge in [-0.3, -0.25) is 0 Å². The van der Waals surface area contributed by atoms with Gasteiger partial charge in [0, 0.05) is 5.39 Å². The lowest BCUT2D eigenvalue weighted by atomic mass is 9.93. The second kappa shape index (κ2) is 4.02. The quantitative estimate of drug-likeness (QED) is 0.600. The molecule has 0 aromatic heterocycles. The van der Waals surface area contributed by atoms with Gasteiger partial charge in [-0.05, 0) is 33.7 Å². The van der Waals surface area contributed by atoms with Crippen molar-refractivity contribution < 1.29 is 5.11 Å². The molecule has 0 saturated heterocycles. The summed E-state index contributed by atoms with van der Waals surface area (Å²) < 4.78 is 0. The van der Waals surface area contributed by atoms with E-state index >= 15 is 0 Å². The summed E-state index contributed by atoms with van der Waals surface area (Å²) in [5.74, 6) is 0.820. The average molecular weight is 236 g/mol. The van der Waals surface area contributed by atoms with Crippen molar-refractivity contribution in [1.82, 2.24) is 0 Å². The van der Waals surface area contributed by atoms with Crippen LogP contribution in [0.25, 0.3) is 21.5 Å². The molecule has 0 aliphatic rings. The van der Waals surface area contributed by atoms with Crippen LogP contribution in [0, 0.1) is 0 Å². The molecular formula is C17H16O. The number of aromatic hydroxyl groups is 1. The van der Waals surface area contributed by atoms with Crippen LogP contribution >= 0.6 is 0 Å². The predicted octanol–water partition coefficient (Wildman–Crippen LogP) is 4.82. The minimum atomic E-state index is 0.367. The van der Waals surface area contributed by atoms with E-state index < -0.39 is 0 Å². The summed E-state index contributed by atoms with van der Waals surface area (Å²) in [5, 5.41) is 14.6. The smallest absolute Gasteiger partial charge is 0.124 e. The fourth-order valence-corrected chi connectivity index (χ4v) is 2.64. The molecule has 0 amide bonds. The molecule has 1 N–H and O–H groups in total. The van der Waals surface area contributed by atoms with Crippen LogP contribution in [-0.2, 0) is 0 Å². The monoisotopic (exact) mass is 236 g/mol. The molecule has 3 aromatic rings. The van der Waals surface area contributed by atoms with Crippen LogP contribution in [0.5, 0.6) is 5.75 Å². The number of hydrogen-bond donors (Lipinski definition) is 1. The highest BCUT2D eigenvalue weighted by Crippen LogP contribution is 2.35. The first-order valence-electron chi connectivity index (χ1n) is 6.32. The van der Waals surface area contributed by atoms with Crippen LogP contribution in [0.2, 0.25) is 0 Å². The molecule has 0 saturated carbocycles. The van der Waals surface area contributed by atoms with E-state index in [1.165, 1.54) is 10.9 Å². The summed E-state index contributed by atoms with van der Waals surface area (Å²) in [6.07, 6.45) is 0. The molecule has 0 fully saturated rings. The summed E-state index contributed by atoms with van der Waals surface area (Å²) >= 11 is 0. The summed E-state index contributed by atoms with van der Waals surface area (Å²) in [6, 6.07) is 16.3. The van der Waals surface area contributed by atoms with E-state index in [-0.39, 0.29) is 0 Å². The first kappa shape index (κ1) is 11.1. The van der Waals surface area contributed by atoms with Crippen LogP contribution in [-0.4, -0.2) is 5.11 Å². The van der Waals surface area contributed by atoms with Gasteiger partial charge in [0.15, 0.2) is 0 Å². The second-order valence-electron chi connectivity index (χ2n) is 5.04. The fourth-order valence-electron chi connectivity index (χ4n) is 2.64. The van der Waals surface area contributed by atoms with E-state index in [0.717, 1.165) is 16.2 Å². The third kappa shape index (κ3) is 1.55. The molecular weight excluding hydrogens is 220 g/mol. The van der Waals surface area contributed by atoms with Crippen LogP contribution < -0.4 is 0 Å². The summed E-state index contributed by atoms with van der Waals surface area (Å²) in [5.41, 5.74) is 1.29. The van der Waals surface area contributed by atoms with Gasteiger partial charge in [-0.15, -0.1) is 0 Å². The second-order valence-corrected chi connectivity index (χ2v) is 5.04. The Kier molecular flexibility index (Phi) is 2.48. The Balaban J connectivity index is 2.54.